The molecule has 0 unspecified atom stereocenters. The average molecular weight is 461 g/mol. The number of nitrogens with one attached hydrogen (secondary N) is 2. The van der Waals surface area contributed by atoms with E-state index in [4.69, 9.17) is 21.1 Å². The quantitative estimate of drug-likeness (QED) is 0.731. The first-order valence-corrected chi connectivity index (χ1v) is 10.4. The van der Waals surface area contributed by atoms with Gasteiger partial charge >= 0.3 is 6.03 Å². The van der Waals surface area contributed by atoms with Gasteiger partial charge in [-0.25, -0.2) is 9.18 Å². The van der Waals surface area contributed by atoms with Crippen molar-refractivity contribution >= 4 is 34.9 Å². The summed E-state index contributed by atoms with van der Waals surface area (Å²) < 4.78 is 24.0. The summed E-state index contributed by atoms with van der Waals surface area (Å²) in [7, 11) is 2.98. The van der Waals surface area contributed by atoms with Crippen molar-refractivity contribution in [3.05, 3.63) is 52.8 Å². The monoisotopic (exact) mass is 460 g/mol. The Morgan fingerprint density at radius 2 is 1.91 bits per heavy atom. The first-order valence-electron chi connectivity index (χ1n) is 10.00. The number of hydrogen-bond donors (Lipinski definition) is 2. The number of likely N-dealkylation sites (tertiary alicyclic amines) is 1. The van der Waals surface area contributed by atoms with Crippen molar-refractivity contribution in [2.45, 2.75) is 18.5 Å². The fraction of sp³-hybridized carbons (Fsp3) is 0.318. The zero-order valence-corrected chi connectivity index (χ0v) is 18.3. The van der Waals surface area contributed by atoms with E-state index in [1.54, 1.807) is 23.1 Å². The number of rotatable bonds is 4. The molecule has 2 aliphatic rings. The molecule has 168 valence electrons. The van der Waals surface area contributed by atoms with Crippen LogP contribution in [0, 0.1) is 5.82 Å². The van der Waals surface area contributed by atoms with Crippen LogP contribution in [0.3, 0.4) is 0 Å². The van der Waals surface area contributed by atoms with Crippen LogP contribution in [0.1, 0.15) is 18.4 Å². The molecule has 4 rings (SSSR count). The number of hydrogen-bond acceptors (Lipinski definition) is 5. The first-order chi connectivity index (χ1) is 15.3. The van der Waals surface area contributed by atoms with Gasteiger partial charge in [-0.1, -0.05) is 23.7 Å². The highest BCUT2D eigenvalue weighted by atomic mass is 35.5. The number of carbonyl (C=O) groups excluding carboxylic acids is 2. The second-order valence-electron chi connectivity index (χ2n) is 7.56. The van der Waals surface area contributed by atoms with Crippen LogP contribution in [0.15, 0.2) is 41.4 Å². The lowest BCUT2D eigenvalue weighted by molar-refractivity contribution is -0.115. The minimum Gasteiger partial charge on any atom is -0.495 e. The molecule has 10 heteroatoms. The third-order valence-corrected chi connectivity index (χ3v) is 5.87. The Morgan fingerprint density at radius 1 is 1.19 bits per heavy atom. The van der Waals surface area contributed by atoms with Gasteiger partial charge in [0.05, 0.1) is 24.9 Å². The molecule has 0 radical (unpaired) electrons. The molecule has 1 spiro atoms. The number of anilines is 1. The van der Waals surface area contributed by atoms with E-state index < -0.39 is 11.5 Å². The molecule has 2 N–H and O–H groups in total. The minimum absolute atomic E-state index is 0.208. The molecule has 0 bridgehead atoms. The van der Waals surface area contributed by atoms with E-state index in [1.807, 2.05) is 0 Å². The van der Waals surface area contributed by atoms with Crippen LogP contribution in [0.5, 0.6) is 11.5 Å². The lowest BCUT2D eigenvalue weighted by atomic mass is 9.98. The number of benzene rings is 2. The van der Waals surface area contributed by atoms with Crippen molar-refractivity contribution in [2.24, 2.45) is 4.99 Å². The van der Waals surface area contributed by atoms with Crippen molar-refractivity contribution in [3.63, 3.8) is 0 Å². The first kappa shape index (κ1) is 21.9. The molecule has 0 aromatic heterocycles. The molecule has 2 heterocycles. The van der Waals surface area contributed by atoms with Crippen molar-refractivity contribution in [1.82, 2.24) is 10.2 Å². The number of nitrogens with zero attached hydrogens (tertiary/aromatic N) is 2. The van der Waals surface area contributed by atoms with Gasteiger partial charge in [-0.05, 0) is 18.2 Å². The maximum Gasteiger partial charge on any atom is 0.321 e. The van der Waals surface area contributed by atoms with Crippen LogP contribution >= 0.6 is 11.6 Å². The maximum atomic E-state index is 13.6. The van der Waals surface area contributed by atoms with Gasteiger partial charge in [0.15, 0.2) is 0 Å². The van der Waals surface area contributed by atoms with Crippen LogP contribution in [0.2, 0.25) is 5.02 Å². The summed E-state index contributed by atoms with van der Waals surface area (Å²) in [6, 6.07) is 8.63. The number of methoxy groups -OCH3 is 2. The Morgan fingerprint density at radius 3 is 2.56 bits per heavy atom. The van der Waals surface area contributed by atoms with Gasteiger partial charge in [0.2, 0.25) is 0 Å². The predicted molar refractivity (Wildman–Crippen MR) is 118 cm³/mol. The predicted octanol–water partition coefficient (Wildman–Crippen LogP) is 3.44. The summed E-state index contributed by atoms with van der Waals surface area (Å²) in [4.78, 5) is 31.5. The minimum atomic E-state index is -0.795. The van der Waals surface area contributed by atoms with Gasteiger partial charge in [-0.3, -0.25) is 9.79 Å². The highest BCUT2D eigenvalue weighted by Gasteiger charge is 2.43. The van der Waals surface area contributed by atoms with E-state index in [0.29, 0.717) is 53.7 Å². The van der Waals surface area contributed by atoms with E-state index in [-0.39, 0.29) is 17.6 Å². The van der Waals surface area contributed by atoms with Crippen molar-refractivity contribution < 1.29 is 23.5 Å². The summed E-state index contributed by atoms with van der Waals surface area (Å²) in [5, 5.41) is 6.06. The zero-order chi connectivity index (χ0) is 22.9. The molecular formula is C22H22ClFN4O4. The molecule has 2 aromatic carbocycles. The van der Waals surface area contributed by atoms with Gasteiger partial charge in [0.25, 0.3) is 5.91 Å². The Balaban J connectivity index is 1.44. The number of urea groups is 1. The Kier molecular flexibility index (Phi) is 5.92. The SMILES string of the molecule is COc1cc(OC)c(NC(=O)N2CCC3(CC2)N=C(c2cccc(F)c2)C(=O)N3)cc1Cl. The summed E-state index contributed by atoms with van der Waals surface area (Å²) in [6.07, 6.45) is 0.872. The lowest BCUT2D eigenvalue weighted by Crippen LogP contribution is -2.53. The number of aliphatic imine (C=N–C) groups is 1. The van der Waals surface area contributed by atoms with Crippen LogP contribution in [0.25, 0.3) is 0 Å². The normalized spacial score (nSPS) is 17.1. The third-order valence-electron chi connectivity index (χ3n) is 5.58. The van der Waals surface area contributed by atoms with Gasteiger partial charge < -0.3 is 25.0 Å². The molecule has 1 fully saturated rings. The van der Waals surface area contributed by atoms with Crippen LogP contribution < -0.4 is 20.1 Å². The van der Waals surface area contributed by atoms with Gasteiger partial charge in [0, 0.05) is 37.6 Å². The van der Waals surface area contributed by atoms with E-state index in [0.717, 1.165) is 0 Å². The molecule has 0 atom stereocenters. The molecule has 2 aromatic rings. The smallest absolute Gasteiger partial charge is 0.321 e. The average Bonchev–Trinajstić information content (AvgIpc) is 3.10. The van der Waals surface area contributed by atoms with Crippen LogP contribution in [-0.2, 0) is 4.79 Å². The number of carbonyl (C=O) groups is 2. The topological polar surface area (TPSA) is 92.3 Å². The molecule has 0 saturated carbocycles. The van der Waals surface area contributed by atoms with E-state index in [2.05, 4.69) is 15.6 Å². The van der Waals surface area contributed by atoms with Crippen molar-refractivity contribution in [1.29, 1.82) is 0 Å². The molecule has 3 amide bonds. The van der Waals surface area contributed by atoms with Gasteiger partial charge in [-0.2, -0.15) is 0 Å². The summed E-state index contributed by atoms with van der Waals surface area (Å²) >= 11 is 6.17. The van der Waals surface area contributed by atoms with Crippen molar-refractivity contribution in [3.8, 4) is 11.5 Å². The molecule has 8 nitrogen and oxygen atoms in total. The lowest BCUT2D eigenvalue weighted by Gasteiger charge is -2.37. The van der Waals surface area contributed by atoms with E-state index in [1.165, 1.54) is 32.4 Å². The summed E-state index contributed by atoms with van der Waals surface area (Å²) in [5.74, 6) is 0.0801. The fourth-order valence-corrected chi connectivity index (χ4v) is 4.10. The molecular weight excluding hydrogens is 439 g/mol. The third kappa shape index (κ3) is 4.20. The summed E-state index contributed by atoms with van der Waals surface area (Å²) in [6.45, 7) is 0.747. The molecule has 1 saturated heterocycles. The second kappa shape index (κ2) is 8.66. The fourth-order valence-electron chi connectivity index (χ4n) is 3.86. The molecule has 2 aliphatic heterocycles. The maximum absolute atomic E-state index is 13.6. The van der Waals surface area contributed by atoms with Gasteiger partial charge in [-0.15, -0.1) is 0 Å². The zero-order valence-electron chi connectivity index (χ0n) is 17.6. The second-order valence-corrected chi connectivity index (χ2v) is 7.97. The standard InChI is InChI=1S/C22H22ClFN4O4/c1-31-17-12-18(32-2)16(11-15(17)23)25-21(30)28-8-6-22(7-9-28)26-19(20(29)27-22)13-4-3-5-14(24)10-13/h3-5,10-12H,6-9H2,1-2H3,(H,25,30)(H,27,29). The highest BCUT2D eigenvalue weighted by molar-refractivity contribution is 6.46. The summed E-state index contributed by atoms with van der Waals surface area (Å²) in [5.41, 5.74) is 0.267. The highest BCUT2D eigenvalue weighted by Crippen LogP contribution is 2.36. The van der Waals surface area contributed by atoms with E-state index >= 15 is 0 Å². The number of ether oxygens (including phenoxy) is 2. The number of piperidine rings is 1. The van der Waals surface area contributed by atoms with E-state index in [9.17, 15) is 14.0 Å². The van der Waals surface area contributed by atoms with Gasteiger partial charge in [0.1, 0.15) is 28.7 Å². The Labute approximate surface area is 189 Å². The Bertz CT molecular complexity index is 1100. The number of amides is 3. The molecule has 0 aliphatic carbocycles. The largest absolute Gasteiger partial charge is 0.495 e. The van der Waals surface area contributed by atoms with Crippen molar-refractivity contribution in [2.75, 3.05) is 32.6 Å². The Hall–Kier alpha value is -3.33. The van der Waals surface area contributed by atoms with Crippen LogP contribution in [-0.4, -0.2) is 55.5 Å². The van der Waals surface area contributed by atoms with Crippen LogP contribution in [0.4, 0.5) is 14.9 Å². The number of halogens is 2. The molecule has 32 heavy (non-hydrogen) atoms.